The SMILES string of the molecule is CCC(/N=C(\c1cc(OC)c(OC)cc1N)C(C)C)C(F)(F)F. The Morgan fingerprint density at radius 3 is 2.09 bits per heavy atom. The van der Waals surface area contributed by atoms with Crippen LogP contribution in [0.25, 0.3) is 0 Å². The van der Waals surface area contributed by atoms with Crippen molar-refractivity contribution in [3.8, 4) is 11.5 Å². The number of nitrogens with two attached hydrogens (primary N) is 1. The minimum atomic E-state index is -4.39. The van der Waals surface area contributed by atoms with E-state index in [9.17, 15) is 13.2 Å². The highest BCUT2D eigenvalue weighted by Gasteiger charge is 2.38. The molecule has 23 heavy (non-hydrogen) atoms. The molecule has 0 saturated carbocycles. The summed E-state index contributed by atoms with van der Waals surface area (Å²) in [5.41, 5.74) is 7.02. The van der Waals surface area contributed by atoms with Gasteiger partial charge in [0.15, 0.2) is 11.5 Å². The van der Waals surface area contributed by atoms with Gasteiger partial charge in [-0.2, -0.15) is 13.2 Å². The molecule has 0 spiro atoms. The Morgan fingerprint density at radius 2 is 1.70 bits per heavy atom. The van der Waals surface area contributed by atoms with Gasteiger partial charge in [0.2, 0.25) is 0 Å². The Bertz CT molecular complexity index is 569. The normalized spacial score (nSPS) is 14.0. The van der Waals surface area contributed by atoms with Gasteiger partial charge in [-0.25, -0.2) is 0 Å². The molecule has 1 atom stereocenters. The number of anilines is 1. The van der Waals surface area contributed by atoms with Gasteiger partial charge in [-0.3, -0.25) is 4.99 Å². The number of hydrogen-bond acceptors (Lipinski definition) is 4. The predicted molar refractivity (Wildman–Crippen MR) is 85.5 cm³/mol. The van der Waals surface area contributed by atoms with Crippen molar-refractivity contribution in [2.45, 2.75) is 39.4 Å². The second-order valence-electron chi connectivity index (χ2n) is 5.43. The fraction of sp³-hybridized carbons (Fsp3) is 0.562. The van der Waals surface area contributed by atoms with Gasteiger partial charge in [-0.05, 0) is 18.4 Å². The smallest absolute Gasteiger partial charge is 0.410 e. The number of rotatable bonds is 6. The topological polar surface area (TPSA) is 56.8 Å². The average Bonchev–Trinajstić information content (AvgIpc) is 2.46. The summed E-state index contributed by atoms with van der Waals surface area (Å²) in [5, 5.41) is 0. The van der Waals surface area contributed by atoms with Crippen molar-refractivity contribution in [3.05, 3.63) is 17.7 Å². The number of alkyl halides is 3. The predicted octanol–water partition coefficient (Wildman–Crippen LogP) is 4.07. The Hall–Kier alpha value is -1.92. The lowest BCUT2D eigenvalue weighted by Crippen LogP contribution is -2.29. The van der Waals surface area contributed by atoms with Gasteiger partial charge in [0.25, 0.3) is 0 Å². The van der Waals surface area contributed by atoms with Crippen LogP contribution >= 0.6 is 0 Å². The molecule has 0 radical (unpaired) electrons. The van der Waals surface area contributed by atoms with Gasteiger partial charge in [-0.1, -0.05) is 20.8 Å². The van der Waals surface area contributed by atoms with E-state index in [-0.39, 0.29) is 12.3 Å². The van der Waals surface area contributed by atoms with E-state index in [4.69, 9.17) is 15.2 Å². The zero-order chi connectivity index (χ0) is 17.8. The van der Waals surface area contributed by atoms with Crippen molar-refractivity contribution in [2.24, 2.45) is 10.9 Å². The fourth-order valence-electron chi connectivity index (χ4n) is 2.21. The first-order valence-corrected chi connectivity index (χ1v) is 7.31. The van der Waals surface area contributed by atoms with Gasteiger partial charge >= 0.3 is 6.18 Å². The highest BCUT2D eigenvalue weighted by atomic mass is 19.4. The van der Waals surface area contributed by atoms with Crippen molar-refractivity contribution in [3.63, 3.8) is 0 Å². The van der Waals surface area contributed by atoms with E-state index in [1.807, 2.05) is 0 Å². The van der Waals surface area contributed by atoms with Gasteiger partial charge in [0.1, 0.15) is 6.04 Å². The van der Waals surface area contributed by atoms with Crippen LogP contribution in [0.2, 0.25) is 0 Å². The number of ether oxygens (including phenoxy) is 2. The third-order valence-corrected chi connectivity index (χ3v) is 3.44. The molecule has 0 aliphatic heterocycles. The van der Waals surface area contributed by atoms with E-state index in [1.54, 1.807) is 19.9 Å². The van der Waals surface area contributed by atoms with Crippen molar-refractivity contribution in [2.75, 3.05) is 20.0 Å². The van der Waals surface area contributed by atoms with Crippen LogP contribution < -0.4 is 15.2 Å². The van der Waals surface area contributed by atoms with E-state index in [1.165, 1.54) is 27.2 Å². The Labute approximate surface area is 134 Å². The summed E-state index contributed by atoms with van der Waals surface area (Å²) in [7, 11) is 2.92. The fourth-order valence-corrected chi connectivity index (χ4v) is 2.21. The van der Waals surface area contributed by atoms with Crippen LogP contribution in [0.15, 0.2) is 17.1 Å². The molecular weight excluding hydrogens is 309 g/mol. The summed E-state index contributed by atoms with van der Waals surface area (Å²) < 4.78 is 49.5. The molecule has 0 aromatic heterocycles. The summed E-state index contributed by atoms with van der Waals surface area (Å²) in [4.78, 5) is 3.94. The second kappa shape index (κ2) is 7.57. The van der Waals surface area contributed by atoms with Crippen molar-refractivity contribution >= 4 is 11.4 Å². The van der Waals surface area contributed by atoms with Crippen LogP contribution in [-0.4, -0.2) is 32.1 Å². The molecule has 0 fully saturated rings. The maximum Gasteiger partial charge on any atom is 0.410 e. The minimum absolute atomic E-state index is 0.132. The molecule has 0 heterocycles. The standard InChI is InChI=1S/C16H23F3N2O2/c1-6-14(16(17,18)19)21-15(9(2)3)10-7-12(22-4)13(23-5)8-11(10)20/h7-9,14H,6,20H2,1-5H3/b21-15-. The minimum Gasteiger partial charge on any atom is -0.493 e. The Kier molecular flexibility index (Phi) is 6.29. The van der Waals surface area contributed by atoms with Crippen LogP contribution in [0.3, 0.4) is 0 Å². The third kappa shape index (κ3) is 4.53. The molecule has 0 saturated heterocycles. The van der Waals surface area contributed by atoms with Gasteiger partial charge in [-0.15, -0.1) is 0 Å². The summed E-state index contributed by atoms with van der Waals surface area (Å²) >= 11 is 0. The highest BCUT2D eigenvalue weighted by molar-refractivity contribution is 6.06. The molecule has 0 aliphatic carbocycles. The number of nitrogen functional groups attached to an aromatic ring is 1. The average molecular weight is 332 g/mol. The lowest BCUT2D eigenvalue weighted by molar-refractivity contribution is -0.147. The summed E-state index contributed by atoms with van der Waals surface area (Å²) in [6, 6.07) is 1.34. The maximum absolute atomic E-state index is 13.0. The van der Waals surface area contributed by atoms with Crippen LogP contribution in [0, 0.1) is 5.92 Å². The number of nitrogens with zero attached hydrogens (tertiary/aromatic N) is 1. The van der Waals surface area contributed by atoms with E-state index >= 15 is 0 Å². The largest absolute Gasteiger partial charge is 0.493 e. The molecular formula is C16H23F3N2O2. The lowest BCUT2D eigenvalue weighted by atomic mass is 9.97. The number of methoxy groups -OCH3 is 2. The van der Waals surface area contributed by atoms with Crippen LogP contribution in [0.4, 0.5) is 18.9 Å². The van der Waals surface area contributed by atoms with Gasteiger partial charge < -0.3 is 15.2 Å². The van der Waals surface area contributed by atoms with Crippen LogP contribution in [-0.2, 0) is 0 Å². The third-order valence-electron chi connectivity index (χ3n) is 3.44. The molecule has 7 heteroatoms. The van der Waals surface area contributed by atoms with Crippen LogP contribution in [0.1, 0.15) is 32.8 Å². The number of hydrogen-bond donors (Lipinski definition) is 1. The van der Waals surface area contributed by atoms with Crippen molar-refractivity contribution in [1.29, 1.82) is 0 Å². The first kappa shape index (κ1) is 19.1. The molecule has 2 N–H and O–H groups in total. The molecule has 1 aromatic carbocycles. The van der Waals surface area contributed by atoms with E-state index in [0.29, 0.717) is 28.5 Å². The molecule has 0 bridgehead atoms. The molecule has 0 aliphatic rings. The van der Waals surface area contributed by atoms with E-state index in [0.717, 1.165) is 0 Å². The molecule has 0 amide bonds. The maximum atomic E-state index is 13.0. The molecule has 1 unspecified atom stereocenters. The summed E-state index contributed by atoms with van der Waals surface area (Å²) in [6.45, 7) is 5.01. The first-order chi connectivity index (χ1) is 10.6. The van der Waals surface area contributed by atoms with Crippen LogP contribution in [0.5, 0.6) is 11.5 Å². The van der Waals surface area contributed by atoms with Crippen molar-refractivity contribution in [1.82, 2.24) is 0 Å². The number of aliphatic imine (C=N–C) groups is 1. The van der Waals surface area contributed by atoms with Gasteiger partial charge in [0, 0.05) is 23.0 Å². The molecule has 1 aromatic rings. The van der Waals surface area contributed by atoms with Crippen molar-refractivity contribution < 1.29 is 22.6 Å². The quantitative estimate of drug-likeness (QED) is 0.631. The zero-order valence-electron chi connectivity index (χ0n) is 14.0. The summed E-state index contributed by atoms with van der Waals surface area (Å²) in [6.07, 6.45) is -4.52. The number of halogens is 3. The monoisotopic (exact) mass is 332 g/mol. The highest BCUT2D eigenvalue weighted by Crippen LogP contribution is 2.34. The van der Waals surface area contributed by atoms with E-state index in [2.05, 4.69) is 4.99 Å². The molecule has 130 valence electrons. The molecule has 1 rings (SSSR count). The Morgan fingerprint density at radius 1 is 1.17 bits per heavy atom. The number of benzene rings is 1. The van der Waals surface area contributed by atoms with Gasteiger partial charge in [0.05, 0.1) is 14.2 Å². The lowest BCUT2D eigenvalue weighted by Gasteiger charge is -2.20. The first-order valence-electron chi connectivity index (χ1n) is 7.31. The molecule has 4 nitrogen and oxygen atoms in total. The van der Waals surface area contributed by atoms with E-state index < -0.39 is 12.2 Å². The zero-order valence-corrected chi connectivity index (χ0v) is 14.0. The Balaban J connectivity index is 3.47. The second-order valence-corrected chi connectivity index (χ2v) is 5.43. The summed E-state index contributed by atoms with van der Waals surface area (Å²) in [5.74, 6) is 0.580.